The van der Waals surface area contributed by atoms with Gasteiger partial charge < -0.3 is 24.3 Å². The Morgan fingerprint density at radius 1 is 0.902 bits per heavy atom. The molecule has 7 nitrogen and oxygen atoms in total. The monoisotopic (exact) mass is 567 g/mol. The van der Waals surface area contributed by atoms with Crippen LogP contribution < -0.4 is 15.6 Å². The molecule has 2 amide bonds. The van der Waals surface area contributed by atoms with E-state index in [4.69, 9.17) is 9.15 Å². The molecule has 2 saturated heterocycles. The molecule has 1 N–H and O–H groups in total. The van der Waals surface area contributed by atoms with Gasteiger partial charge in [0.2, 0.25) is 0 Å². The average Bonchev–Trinajstić information content (AvgIpc) is 3.35. The molecule has 210 valence electrons. The standard InChI is InChI=1S/C33H33N3O4S/c1-33(2)13-3-4-14-36(33)32(38)34-21-11-12-28-26(19-21)24-9-6-8-23(31(24)41-28)22-7-5-10-25-27(37)20-29(40-30(22)25)35-15-17-39-18-16-35/h5-12,19-20H,3-4,13-18H2,1-2H3,(H,34,38). The zero-order valence-corrected chi connectivity index (χ0v) is 24.2. The van der Waals surface area contributed by atoms with Crippen molar-refractivity contribution in [2.75, 3.05) is 43.1 Å². The molecule has 41 heavy (non-hydrogen) atoms. The molecule has 0 atom stereocenters. The third-order valence-corrected chi connectivity index (χ3v) is 9.72. The molecule has 0 aliphatic carbocycles. The maximum absolute atomic E-state index is 13.2. The highest BCUT2D eigenvalue weighted by molar-refractivity contribution is 7.26. The van der Waals surface area contributed by atoms with Crippen molar-refractivity contribution < 1.29 is 13.9 Å². The fourth-order valence-corrected chi connectivity index (χ4v) is 7.45. The SMILES string of the molecule is CC1(C)CCCCN1C(=O)Nc1ccc2sc3c(-c4cccc5c(=O)cc(N6CCOCC6)oc45)cccc3c2c1. The van der Waals surface area contributed by atoms with E-state index in [1.807, 2.05) is 35.2 Å². The Labute approximate surface area is 242 Å². The third-order valence-electron chi connectivity index (χ3n) is 8.50. The van der Waals surface area contributed by atoms with Crippen LogP contribution in [-0.2, 0) is 4.74 Å². The molecule has 4 heterocycles. The van der Waals surface area contributed by atoms with E-state index in [9.17, 15) is 9.59 Å². The number of rotatable bonds is 3. The lowest BCUT2D eigenvalue weighted by Crippen LogP contribution is -2.52. The minimum Gasteiger partial charge on any atom is -0.440 e. The second kappa shape index (κ2) is 10.2. The van der Waals surface area contributed by atoms with Crippen LogP contribution in [0.3, 0.4) is 0 Å². The molecule has 2 aromatic heterocycles. The Kier molecular flexibility index (Phi) is 6.47. The number of likely N-dealkylation sites (tertiary alicyclic amines) is 1. The average molecular weight is 568 g/mol. The number of hydrogen-bond acceptors (Lipinski definition) is 6. The van der Waals surface area contributed by atoms with Crippen LogP contribution in [0.1, 0.15) is 33.1 Å². The van der Waals surface area contributed by atoms with Crippen molar-refractivity contribution in [3.63, 3.8) is 0 Å². The highest BCUT2D eigenvalue weighted by Gasteiger charge is 2.33. The number of hydrogen-bond donors (Lipinski definition) is 1. The largest absolute Gasteiger partial charge is 0.440 e. The molecular formula is C33H33N3O4S. The molecule has 2 aliphatic heterocycles. The molecule has 8 heteroatoms. The highest BCUT2D eigenvalue weighted by atomic mass is 32.1. The van der Waals surface area contributed by atoms with Crippen LogP contribution in [0.5, 0.6) is 0 Å². The lowest BCUT2D eigenvalue weighted by atomic mass is 9.91. The van der Waals surface area contributed by atoms with Crippen LogP contribution in [-0.4, -0.2) is 49.3 Å². The van der Waals surface area contributed by atoms with Gasteiger partial charge in [-0.25, -0.2) is 4.79 Å². The fourth-order valence-electron chi connectivity index (χ4n) is 6.24. The second-order valence-electron chi connectivity index (χ2n) is 11.6. The van der Waals surface area contributed by atoms with Crippen molar-refractivity contribution in [3.8, 4) is 11.1 Å². The van der Waals surface area contributed by atoms with Crippen molar-refractivity contribution >= 4 is 60.1 Å². The first kappa shape index (κ1) is 26.0. The summed E-state index contributed by atoms with van der Waals surface area (Å²) in [6.45, 7) is 7.67. The van der Waals surface area contributed by atoms with Gasteiger partial charge in [-0.2, -0.15) is 0 Å². The summed E-state index contributed by atoms with van der Waals surface area (Å²) >= 11 is 1.71. The number of nitrogens with one attached hydrogen (secondary N) is 1. The molecule has 2 fully saturated rings. The zero-order valence-electron chi connectivity index (χ0n) is 23.4. The normalized spacial score (nSPS) is 17.4. The van der Waals surface area contributed by atoms with Crippen molar-refractivity contribution in [2.24, 2.45) is 0 Å². The summed E-state index contributed by atoms with van der Waals surface area (Å²) in [5.41, 5.74) is 3.12. The summed E-state index contributed by atoms with van der Waals surface area (Å²) in [6, 6.07) is 19.7. The lowest BCUT2D eigenvalue weighted by molar-refractivity contribution is 0.112. The van der Waals surface area contributed by atoms with Crippen LogP contribution in [0.2, 0.25) is 0 Å². The number of fused-ring (bicyclic) bond motifs is 4. The van der Waals surface area contributed by atoms with E-state index in [1.54, 1.807) is 17.4 Å². The van der Waals surface area contributed by atoms with Crippen molar-refractivity contribution in [3.05, 3.63) is 70.9 Å². The molecule has 3 aromatic carbocycles. The Balaban J connectivity index is 1.30. The molecule has 0 bridgehead atoms. The molecule has 0 radical (unpaired) electrons. The molecular weight excluding hydrogens is 534 g/mol. The van der Waals surface area contributed by atoms with Gasteiger partial charge in [-0.15, -0.1) is 11.3 Å². The van der Waals surface area contributed by atoms with Gasteiger partial charge in [0, 0.05) is 68.2 Å². The van der Waals surface area contributed by atoms with Gasteiger partial charge in [0.25, 0.3) is 0 Å². The van der Waals surface area contributed by atoms with Crippen LogP contribution in [0, 0.1) is 0 Å². The molecule has 2 aliphatic rings. The van der Waals surface area contributed by atoms with E-state index in [0.29, 0.717) is 43.2 Å². The summed E-state index contributed by atoms with van der Waals surface area (Å²) in [5.74, 6) is 0.582. The molecule has 0 spiro atoms. The zero-order chi connectivity index (χ0) is 28.1. The number of nitrogens with zero attached hydrogens (tertiary/aromatic N) is 2. The van der Waals surface area contributed by atoms with Crippen LogP contribution in [0.15, 0.2) is 69.9 Å². The first-order valence-electron chi connectivity index (χ1n) is 14.3. The van der Waals surface area contributed by atoms with E-state index < -0.39 is 0 Å². The molecule has 5 aromatic rings. The van der Waals surface area contributed by atoms with E-state index >= 15 is 0 Å². The maximum atomic E-state index is 13.2. The van der Waals surface area contributed by atoms with Crippen LogP contribution in [0.25, 0.3) is 42.3 Å². The molecule has 0 saturated carbocycles. The number of morpholine rings is 1. The summed E-state index contributed by atoms with van der Waals surface area (Å²) < 4.78 is 14.2. The van der Waals surface area contributed by atoms with Gasteiger partial charge in [0.15, 0.2) is 11.3 Å². The van der Waals surface area contributed by atoms with Gasteiger partial charge in [-0.1, -0.05) is 30.3 Å². The fraction of sp³-hybridized carbons (Fsp3) is 0.333. The van der Waals surface area contributed by atoms with Crippen LogP contribution >= 0.6 is 11.3 Å². The van der Waals surface area contributed by atoms with E-state index in [0.717, 1.165) is 62.8 Å². The van der Waals surface area contributed by atoms with Gasteiger partial charge in [-0.3, -0.25) is 4.79 Å². The van der Waals surface area contributed by atoms with E-state index in [-0.39, 0.29) is 17.0 Å². The predicted octanol–water partition coefficient (Wildman–Crippen LogP) is 7.46. The van der Waals surface area contributed by atoms with Crippen molar-refractivity contribution in [2.45, 2.75) is 38.6 Å². The lowest BCUT2D eigenvalue weighted by Gasteiger charge is -2.42. The quantitative estimate of drug-likeness (QED) is 0.245. The topological polar surface area (TPSA) is 75.0 Å². The summed E-state index contributed by atoms with van der Waals surface area (Å²) in [7, 11) is 0. The number of anilines is 2. The third kappa shape index (κ3) is 4.65. The second-order valence-corrected chi connectivity index (χ2v) is 12.6. The smallest absolute Gasteiger partial charge is 0.322 e. The van der Waals surface area contributed by atoms with E-state index in [2.05, 4.69) is 48.3 Å². The number of thiophene rings is 1. The Morgan fingerprint density at radius 2 is 1.68 bits per heavy atom. The highest BCUT2D eigenvalue weighted by Crippen LogP contribution is 2.42. The van der Waals surface area contributed by atoms with Gasteiger partial charge in [0.05, 0.1) is 18.6 Å². The summed E-state index contributed by atoms with van der Waals surface area (Å²) in [4.78, 5) is 30.4. The predicted molar refractivity (Wildman–Crippen MR) is 167 cm³/mol. The number of benzene rings is 3. The number of urea groups is 1. The number of para-hydroxylation sites is 1. The Bertz CT molecular complexity index is 1850. The van der Waals surface area contributed by atoms with Gasteiger partial charge in [-0.05, 0) is 57.4 Å². The number of carbonyl (C=O) groups is 1. The number of carbonyl (C=O) groups excluding carboxylic acids is 1. The van der Waals surface area contributed by atoms with Crippen molar-refractivity contribution in [1.29, 1.82) is 0 Å². The van der Waals surface area contributed by atoms with E-state index in [1.165, 1.54) is 0 Å². The maximum Gasteiger partial charge on any atom is 0.322 e. The molecule has 0 unspecified atom stereocenters. The van der Waals surface area contributed by atoms with Crippen LogP contribution in [0.4, 0.5) is 16.4 Å². The number of amides is 2. The summed E-state index contributed by atoms with van der Waals surface area (Å²) in [6.07, 6.45) is 3.20. The van der Waals surface area contributed by atoms with Gasteiger partial charge in [0.1, 0.15) is 5.58 Å². The number of piperidine rings is 1. The van der Waals surface area contributed by atoms with Gasteiger partial charge >= 0.3 is 6.03 Å². The minimum absolute atomic E-state index is 0.0452. The molecule has 7 rings (SSSR count). The minimum atomic E-state index is -0.147. The summed E-state index contributed by atoms with van der Waals surface area (Å²) in [5, 5.41) is 5.94. The number of ether oxygens (including phenoxy) is 1. The first-order valence-corrected chi connectivity index (χ1v) is 15.1. The van der Waals surface area contributed by atoms with Crippen molar-refractivity contribution in [1.82, 2.24) is 4.90 Å². The Hall–Kier alpha value is -3.88. The first-order chi connectivity index (χ1) is 19.9. The Morgan fingerprint density at radius 3 is 2.49 bits per heavy atom.